The molecule has 1 aliphatic heterocycles. The summed E-state index contributed by atoms with van der Waals surface area (Å²) in [5, 5.41) is 3.00. The van der Waals surface area contributed by atoms with E-state index in [0.29, 0.717) is 25.0 Å². The highest BCUT2D eigenvalue weighted by Gasteiger charge is 2.30. The van der Waals surface area contributed by atoms with Crippen LogP contribution in [0.2, 0.25) is 0 Å². The van der Waals surface area contributed by atoms with Gasteiger partial charge < -0.3 is 19.5 Å². The molecule has 1 N–H and O–H groups in total. The molecule has 0 spiro atoms. The summed E-state index contributed by atoms with van der Waals surface area (Å²) in [5.74, 6) is 0.0860. The molecule has 1 heterocycles. The van der Waals surface area contributed by atoms with Gasteiger partial charge in [0.25, 0.3) is 5.91 Å². The maximum Gasteiger partial charge on any atom is 0.377 e. The van der Waals surface area contributed by atoms with Gasteiger partial charge in [-0.3, -0.25) is 4.79 Å². The molecular formula is C16H25NO5. The molecular weight excluding hydrogens is 286 g/mol. The van der Waals surface area contributed by atoms with Crippen molar-refractivity contribution in [3.63, 3.8) is 0 Å². The monoisotopic (exact) mass is 311 g/mol. The first kappa shape index (κ1) is 16.6. The Bertz CT molecular complexity index is 448. The minimum atomic E-state index is -0.858. The van der Waals surface area contributed by atoms with Crippen LogP contribution in [0.15, 0.2) is 12.0 Å². The van der Waals surface area contributed by atoms with Crippen LogP contribution in [0.4, 0.5) is 0 Å². The summed E-state index contributed by atoms with van der Waals surface area (Å²) in [5.41, 5.74) is 0. The van der Waals surface area contributed by atoms with Crippen molar-refractivity contribution in [2.45, 2.75) is 52.2 Å². The van der Waals surface area contributed by atoms with Crippen molar-refractivity contribution in [3.8, 4) is 0 Å². The van der Waals surface area contributed by atoms with Crippen LogP contribution < -0.4 is 5.32 Å². The molecule has 0 aromatic rings. The molecule has 0 aromatic carbocycles. The highest BCUT2D eigenvalue weighted by Crippen LogP contribution is 2.29. The summed E-state index contributed by atoms with van der Waals surface area (Å²) in [6.07, 6.45) is 3.65. The highest BCUT2D eigenvalue weighted by atomic mass is 16.6. The van der Waals surface area contributed by atoms with Gasteiger partial charge in [0.2, 0.25) is 5.76 Å². The van der Waals surface area contributed by atoms with E-state index in [-0.39, 0.29) is 17.7 Å². The van der Waals surface area contributed by atoms with Gasteiger partial charge in [0.1, 0.15) is 19.5 Å². The first-order valence-corrected chi connectivity index (χ1v) is 7.95. The largest absolute Gasteiger partial charge is 0.493 e. The predicted molar refractivity (Wildman–Crippen MR) is 79.7 cm³/mol. The standard InChI is InChI=1S/C16H25NO5/c1-10-5-4-6-13(11(10)2)17-15(18)12(3)22-16(19)14-9-20-7-8-21-14/h9-13H,4-8H2,1-3H3,(H,17,18)/t10-,11-,12-,13+/m0/s1. The van der Waals surface area contributed by atoms with Crippen LogP contribution in [-0.2, 0) is 23.8 Å². The molecule has 1 amide bonds. The second-order valence-corrected chi connectivity index (χ2v) is 6.13. The molecule has 0 bridgehead atoms. The van der Waals surface area contributed by atoms with Crippen molar-refractivity contribution in [1.29, 1.82) is 0 Å². The van der Waals surface area contributed by atoms with Gasteiger partial charge in [-0.25, -0.2) is 4.79 Å². The third-order valence-corrected chi connectivity index (χ3v) is 4.54. The van der Waals surface area contributed by atoms with Crippen molar-refractivity contribution >= 4 is 11.9 Å². The van der Waals surface area contributed by atoms with Crippen LogP contribution in [0.5, 0.6) is 0 Å². The summed E-state index contributed by atoms with van der Waals surface area (Å²) < 4.78 is 15.3. The number of ether oxygens (including phenoxy) is 3. The Balaban J connectivity index is 1.84. The second kappa shape index (κ2) is 7.51. The fraction of sp³-hybridized carbons (Fsp3) is 0.750. The van der Waals surface area contributed by atoms with Gasteiger partial charge >= 0.3 is 5.97 Å². The van der Waals surface area contributed by atoms with E-state index in [1.54, 1.807) is 6.92 Å². The van der Waals surface area contributed by atoms with Gasteiger partial charge in [-0.1, -0.05) is 26.7 Å². The fourth-order valence-electron chi connectivity index (χ4n) is 2.83. The molecule has 4 atom stereocenters. The van der Waals surface area contributed by atoms with Gasteiger partial charge in [-0.2, -0.15) is 0 Å². The van der Waals surface area contributed by atoms with E-state index in [0.717, 1.165) is 12.8 Å². The van der Waals surface area contributed by atoms with E-state index in [2.05, 4.69) is 19.2 Å². The molecule has 0 radical (unpaired) electrons. The van der Waals surface area contributed by atoms with Gasteiger partial charge in [-0.15, -0.1) is 0 Å². The molecule has 0 saturated heterocycles. The quantitative estimate of drug-likeness (QED) is 0.801. The van der Waals surface area contributed by atoms with Crippen LogP contribution >= 0.6 is 0 Å². The Morgan fingerprint density at radius 3 is 2.77 bits per heavy atom. The van der Waals surface area contributed by atoms with Crippen molar-refractivity contribution in [1.82, 2.24) is 5.32 Å². The maximum absolute atomic E-state index is 12.2. The summed E-state index contributed by atoms with van der Waals surface area (Å²) >= 11 is 0. The van der Waals surface area contributed by atoms with Crippen molar-refractivity contribution < 1.29 is 23.8 Å². The Morgan fingerprint density at radius 2 is 2.09 bits per heavy atom. The molecule has 1 aliphatic carbocycles. The molecule has 2 rings (SSSR count). The molecule has 6 nitrogen and oxygen atoms in total. The van der Waals surface area contributed by atoms with E-state index in [1.165, 1.54) is 12.7 Å². The number of hydrogen-bond donors (Lipinski definition) is 1. The molecule has 0 unspecified atom stereocenters. The Hall–Kier alpha value is -1.72. The number of carbonyl (C=O) groups excluding carboxylic acids is 2. The lowest BCUT2D eigenvalue weighted by Gasteiger charge is -2.35. The average molecular weight is 311 g/mol. The van der Waals surface area contributed by atoms with E-state index in [9.17, 15) is 9.59 Å². The van der Waals surface area contributed by atoms with E-state index >= 15 is 0 Å². The Morgan fingerprint density at radius 1 is 1.32 bits per heavy atom. The molecule has 124 valence electrons. The Kier molecular flexibility index (Phi) is 5.69. The minimum absolute atomic E-state index is 0.00515. The van der Waals surface area contributed by atoms with Gasteiger partial charge in [-0.05, 0) is 25.2 Å². The topological polar surface area (TPSA) is 73.9 Å². The molecule has 2 aliphatic rings. The normalized spacial score (nSPS) is 29.4. The van der Waals surface area contributed by atoms with Gasteiger partial charge in [0.05, 0.1) is 0 Å². The minimum Gasteiger partial charge on any atom is -0.493 e. The third kappa shape index (κ3) is 4.15. The van der Waals surface area contributed by atoms with E-state index < -0.39 is 12.1 Å². The summed E-state index contributed by atoms with van der Waals surface area (Å²) in [6.45, 7) is 6.64. The van der Waals surface area contributed by atoms with E-state index in [4.69, 9.17) is 14.2 Å². The zero-order valence-corrected chi connectivity index (χ0v) is 13.5. The number of hydrogen-bond acceptors (Lipinski definition) is 5. The zero-order valence-electron chi connectivity index (χ0n) is 13.5. The molecule has 1 saturated carbocycles. The smallest absolute Gasteiger partial charge is 0.377 e. The number of amides is 1. The van der Waals surface area contributed by atoms with Crippen LogP contribution in [-0.4, -0.2) is 37.2 Å². The summed E-state index contributed by atoms with van der Waals surface area (Å²) in [4.78, 5) is 24.0. The molecule has 0 aromatic heterocycles. The number of carbonyl (C=O) groups is 2. The SMILES string of the molecule is C[C@H]1[C@@H](C)CCC[C@H]1NC(=O)[C@H](C)OC(=O)C1=COCCO1. The van der Waals surface area contributed by atoms with Crippen LogP contribution in [0, 0.1) is 11.8 Å². The van der Waals surface area contributed by atoms with Crippen molar-refractivity contribution in [3.05, 3.63) is 12.0 Å². The van der Waals surface area contributed by atoms with E-state index in [1.807, 2.05) is 0 Å². The molecule has 22 heavy (non-hydrogen) atoms. The lowest BCUT2D eigenvalue weighted by atomic mass is 9.78. The van der Waals surface area contributed by atoms with Crippen molar-refractivity contribution in [2.24, 2.45) is 11.8 Å². The fourth-order valence-corrected chi connectivity index (χ4v) is 2.83. The molecule has 1 fully saturated rings. The summed E-state index contributed by atoms with van der Waals surface area (Å²) in [7, 11) is 0. The van der Waals surface area contributed by atoms with Crippen molar-refractivity contribution in [2.75, 3.05) is 13.2 Å². The lowest BCUT2D eigenvalue weighted by molar-refractivity contribution is -0.155. The first-order valence-electron chi connectivity index (χ1n) is 7.95. The van der Waals surface area contributed by atoms with Crippen LogP contribution in [0.3, 0.4) is 0 Å². The highest BCUT2D eigenvalue weighted by molar-refractivity contribution is 5.89. The lowest BCUT2D eigenvalue weighted by Crippen LogP contribution is -2.47. The Labute approximate surface area is 131 Å². The average Bonchev–Trinajstić information content (AvgIpc) is 2.52. The second-order valence-electron chi connectivity index (χ2n) is 6.13. The zero-order chi connectivity index (χ0) is 16.1. The maximum atomic E-state index is 12.2. The third-order valence-electron chi connectivity index (χ3n) is 4.54. The first-order chi connectivity index (χ1) is 10.5. The number of esters is 1. The predicted octanol–water partition coefficient (Wildman–Crippen LogP) is 1.75. The molecule has 6 heteroatoms. The van der Waals surface area contributed by atoms with Crippen LogP contribution in [0.25, 0.3) is 0 Å². The number of nitrogens with one attached hydrogen (secondary N) is 1. The van der Waals surface area contributed by atoms with Gasteiger partial charge in [0.15, 0.2) is 6.10 Å². The summed E-state index contributed by atoms with van der Waals surface area (Å²) in [6, 6.07) is 0.144. The van der Waals surface area contributed by atoms with Gasteiger partial charge in [0, 0.05) is 6.04 Å². The van der Waals surface area contributed by atoms with Crippen LogP contribution in [0.1, 0.15) is 40.0 Å². The number of rotatable bonds is 4.